The lowest BCUT2D eigenvalue weighted by Crippen LogP contribution is -2.19. The van der Waals surface area contributed by atoms with Gasteiger partial charge in [-0.3, -0.25) is 4.68 Å². The second-order valence-corrected chi connectivity index (χ2v) is 7.48. The molecule has 1 atom stereocenters. The van der Waals surface area contributed by atoms with Crippen molar-refractivity contribution in [3.05, 3.63) is 66.4 Å². The average Bonchev–Trinajstić information content (AvgIpc) is 3.34. The molecule has 1 aromatic carbocycles. The first kappa shape index (κ1) is 17.6. The van der Waals surface area contributed by atoms with E-state index in [1.54, 1.807) is 0 Å². The number of nitrogens with zero attached hydrogens (tertiary/aromatic N) is 5. The molecule has 3 heterocycles. The number of aryl methyl sites for hydroxylation is 2. The van der Waals surface area contributed by atoms with Gasteiger partial charge in [-0.15, -0.1) is 6.58 Å². The third kappa shape index (κ3) is 3.29. The van der Waals surface area contributed by atoms with Gasteiger partial charge in [-0.25, -0.2) is 4.98 Å². The van der Waals surface area contributed by atoms with Crippen molar-refractivity contribution in [2.45, 2.75) is 39.8 Å². The maximum absolute atomic E-state index is 4.64. The highest BCUT2D eigenvalue weighted by molar-refractivity contribution is 5.68. The van der Waals surface area contributed by atoms with Gasteiger partial charge in [-0.1, -0.05) is 12.1 Å². The van der Waals surface area contributed by atoms with E-state index in [-0.39, 0.29) is 6.04 Å². The molecule has 0 spiro atoms. The van der Waals surface area contributed by atoms with Gasteiger partial charge in [-0.05, 0) is 51.0 Å². The summed E-state index contributed by atoms with van der Waals surface area (Å²) >= 11 is 0. The van der Waals surface area contributed by atoms with Gasteiger partial charge in [-0.2, -0.15) is 5.10 Å². The zero-order valence-electron chi connectivity index (χ0n) is 16.4. The summed E-state index contributed by atoms with van der Waals surface area (Å²) in [5.74, 6) is 0. The van der Waals surface area contributed by atoms with Crippen molar-refractivity contribution >= 4 is 5.69 Å². The second-order valence-electron chi connectivity index (χ2n) is 7.48. The molecule has 0 fully saturated rings. The number of aromatic nitrogens is 4. The highest BCUT2D eigenvalue weighted by Crippen LogP contribution is 2.32. The Morgan fingerprint density at radius 2 is 2.11 bits per heavy atom. The van der Waals surface area contributed by atoms with E-state index >= 15 is 0 Å². The van der Waals surface area contributed by atoms with Crippen LogP contribution in [0.5, 0.6) is 0 Å². The van der Waals surface area contributed by atoms with Crippen LogP contribution in [0.4, 0.5) is 5.69 Å². The lowest BCUT2D eigenvalue weighted by molar-refractivity contribution is 0.418. The quantitative estimate of drug-likeness (QED) is 0.619. The third-order valence-electron chi connectivity index (χ3n) is 5.35. The number of anilines is 1. The van der Waals surface area contributed by atoms with Crippen LogP contribution in [0.25, 0.3) is 11.3 Å². The molecule has 1 aliphatic heterocycles. The first-order valence-corrected chi connectivity index (χ1v) is 9.59. The van der Waals surface area contributed by atoms with Crippen molar-refractivity contribution < 1.29 is 0 Å². The van der Waals surface area contributed by atoms with Crippen LogP contribution in [0.1, 0.15) is 29.9 Å². The molecule has 4 rings (SSSR count). The van der Waals surface area contributed by atoms with Gasteiger partial charge in [0, 0.05) is 36.6 Å². The molecule has 3 aromatic rings. The van der Waals surface area contributed by atoms with Gasteiger partial charge in [0.05, 0.1) is 30.0 Å². The molecule has 0 aliphatic carbocycles. The minimum absolute atomic E-state index is 0.268. The zero-order chi connectivity index (χ0) is 19.0. The average molecular weight is 361 g/mol. The van der Waals surface area contributed by atoms with Crippen LogP contribution in [-0.2, 0) is 13.0 Å². The highest BCUT2D eigenvalue weighted by atomic mass is 15.3. The SMILES string of the molecule is C=CCN1CCc2cc(-c3cncn3C[C@@H](C)n3nc(C)cc3C)ccc21. The number of rotatable bonds is 6. The highest BCUT2D eigenvalue weighted by Gasteiger charge is 2.19. The van der Waals surface area contributed by atoms with E-state index in [0.717, 1.165) is 37.4 Å². The summed E-state index contributed by atoms with van der Waals surface area (Å²) in [6.07, 6.45) is 6.95. The van der Waals surface area contributed by atoms with Crippen LogP contribution >= 0.6 is 0 Å². The number of imidazole rings is 1. The van der Waals surface area contributed by atoms with Gasteiger partial charge in [0.2, 0.25) is 0 Å². The van der Waals surface area contributed by atoms with E-state index < -0.39 is 0 Å². The molecule has 5 heteroatoms. The fourth-order valence-electron chi connectivity index (χ4n) is 4.14. The molecule has 0 saturated heterocycles. The van der Waals surface area contributed by atoms with Crippen LogP contribution in [0.3, 0.4) is 0 Å². The molecular weight excluding hydrogens is 334 g/mol. The summed E-state index contributed by atoms with van der Waals surface area (Å²) in [5, 5.41) is 4.64. The molecule has 5 nitrogen and oxygen atoms in total. The molecule has 1 aliphatic rings. The first-order valence-electron chi connectivity index (χ1n) is 9.59. The Morgan fingerprint density at radius 3 is 2.85 bits per heavy atom. The van der Waals surface area contributed by atoms with E-state index in [2.05, 4.69) is 68.9 Å². The van der Waals surface area contributed by atoms with E-state index in [1.807, 2.05) is 25.5 Å². The van der Waals surface area contributed by atoms with Crippen molar-refractivity contribution in [3.63, 3.8) is 0 Å². The van der Waals surface area contributed by atoms with Crippen molar-refractivity contribution in [2.75, 3.05) is 18.0 Å². The lowest BCUT2D eigenvalue weighted by Gasteiger charge is -2.18. The number of benzene rings is 1. The van der Waals surface area contributed by atoms with Crippen molar-refractivity contribution in [2.24, 2.45) is 0 Å². The summed E-state index contributed by atoms with van der Waals surface area (Å²) < 4.78 is 4.34. The van der Waals surface area contributed by atoms with E-state index in [9.17, 15) is 0 Å². The summed E-state index contributed by atoms with van der Waals surface area (Å²) in [7, 11) is 0. The zero-order valence-corrected chi connectivity index (χ0v) is 16.4. The minimum atomic E-state index is 0.268. The molecule has 0 radical (unpaired) electrons. The Kier molecular flexibility index (Phi) is 4.60. The minimum Gasteiger partial charge on any atom is -0.367 e. The second kappa shape index (κ2) is 7.06. The Balaban J connectivity index is 1.59. The molecule has 27 heavy (non-hydrogen) atoms. The van der Waals surface area contributed by atoms with E-state index in [1.165, 1.54) is 22.5 Å². The number of fused-ring (bicyclic) bond motifs is 1. The molecule has 2 aromatic heterocycles. The first-order chi connectivity index (χ1) is 13.1. The fourth-order valence-corrected chi connectivity index (χ4v) is 4.14. The third-order valence-corrected chi connectivity index (χ3v) is 5.35. The largest absolute Gasteiger partial charge is 0.367 e. The Morgan fingerprint density at radius 1 is 1.26 bits per heavy atom. The van der Waals surface area contributed by atoms with E-state index in [0.29, 0.717) is 0 Å². The van der Waals surface area contributed by atoms with E-state index in [4.69, 9.17) is 0 Å². The normalized spacial score (nSPS) is 14.4. The van der Waals surface area contributed by atoms with Crippen molar-refractivity contribution in [1.29, 1.82) is 0 Å². The van der Waals surface area contributed by atoms with Gasteiger partial charge in [0.15, 0.2) is 0 Å². The van der Waals surface area contributed by atoms with Gasteiger partial charge >= 0.3 is 0 Å². The smallest absolute Gasteiger partial charge is 0.0951 e. The molecule has 0 saturated carbocycles. The predicted molar refractivity (Wildman–Crippen MR) is 110 cm³/mol. The lowest BCUT2D eigenvalue weighted by atomic mass is 10.1. The van der Waals surface area contributed by atoms with Crippen LogP contribution in [0, 0.1) is 13.8 Å². The summed E-state index contributed by atoms with van der Waals surface area (Å²) in [4.78, 5) is 6.80. The van der Waals surface area contributed by atoms with Crippen LogP contribution in [0.15, 0.2) is 49.4 Å². The number of hydrogen-bond acceptors (Lipinski definition) is 3. The number of hydrogen-bond donors (Lipinski definition) is 0. The molecule has 0 N–H and O–H groups in total. The molecule has 140 valence electrons. The summed E-state index contributed by atoms with van der Waals surface area (Å²) in [6.45, 7) is 13.0. The molecule has 0 bridgehead atoms. The maximum atomic E-state index is 4.64. The van der Waals surface area contributed by atoms with Crippen LogP contribution in [0.2, 0.25) is 0 Å². The Bertz CT molecular complexity index is 965. The predicted octanol–water partition coefficient (Wildman–Crippen LogP) is 4.17. The summed E-state index contributed by atoms with van der Waals surface area (Å²) in [5.41, 5.74) is 7.39. The maximum Gasteiger partial charge on any atom is 0.0951 e. The summed E-state index contributed by atoms with van der Waals surface area (Å²) in [6, 6.07) is 9.16. The standard InChI is InChI=1S/C22H27N5/c1-5-9-25-10-8-20-12-19(6-7-21(20)25)22-13-23-15-26(22)14-18(4)27-17(3)11-16(2)24-27/h5-7,11-13,15,18H,1,8-10,14H2,2-4H3/t18-/m1/s1. The van der Waals surface area contributed by atoms with Gasteiger partial charge < -0.3 is 9.47 Å². The van der Waals surface area contributed by atoms with Crippen LogP contribution in [-0.4, -0.2) is 32.4 Å². The monoisotopic (exact) mass is 361 g/mol. The Hall–Kier alpha value is -2.82. The van der Waals surface area contributed by atoms with Gasteiger partial charge in [0.25, 0.3) is 0 Å². The van der Waals surface area contributed by atoms with Crippen LogP contribution < -0.4 is 4.90 Å². The van der Waals surface area contributed by atoms with Crippen molar-refractivity contribution in [1.82, 2.24) is 19.3 Å². The topological polar surface area (TPSA) is 38.9 Å². The fraction of sp³-hybridized carbons (Fsp3) is 0.364. The van der Waals surface area contributed by atoms with Crippen molar-refractivity contribution in [3.8, 4) is 11.3 Å². The molecule has 0 amide bonds. The molecular formula is C22H27N5. The van der Waals surface area contributed by atoms with Gasteiger partial charge in [0.1, 0.15) is 0 Å². The molecule has 0 unspecified atom stereocenters. The Labute approximate surface area is 161 Å².